The van der Waals surface area contributed by atoms with Gasteiger partial charge in [0.1, 0.15) is 40.2 Å². The molecule has 0 atom stereocenters. The molecule has 6 rings (SSSR count). The number of aromatic nitrogens is 2. The van der Waals surface area contributed by atoms with Gasteiger partial charge in [-0.05, 0) is 56.0 Å². The summed E-state index contributed by atoms with van der Waals surface area (Å²) in [5.74, 6) is 2.64. The third kappa shape index (κ3) is 6.20. The monoisotopic (exact) mass is 618 g/mol. The molecular formula is C28H38N6O6S2. The highest BCUT2D eigenvalue weighted by atomic mass is 32.2. The van der Waals surface area contributed by atoms with Crippen LogP contribution in [0.3, 0.4) is 0 Å². The molecule has 1 N–H and O–H groups in total. The van der Waals surface area contributed by atoms with Gasteiger partial charge in [-0.15, -0.1) is 0 Å². The summed E-state index contributed by atoms with van der Waals surface area (Å²) in [7, 11) is -6.14. The fraction of sp³-hybridized carbons (Fsp3) is 0.607. The van der Waals surface area contributed by atoms with Gasteiger partial charge in [-0.1, -0.05) is 6.07 Å². The lowest BCUT2D eigenvalue weighted by Gasteiger charge is -2.47. The van der Waals surface area contributed by atoms with Crippen molar-refractivity contribution < 1.29 is 26.4 Å². The molecule has 3 saturated heterocycles. The first kappa shape index (κ1) is 29.1. The van der Waals surface area contributed by atoms with Crippen molar-refractivity contribution in [3.8, 4) is 5.75 Å². The third-order valence-electron chi connectivity index (χ3n) is 8.90. The number of nitrogens with zero attached hydrogens (tertiary/aromatic N) is 5. The first-order chi connectivity index (χ1) is 20.0. The second kappa shape index (κ2) is 11.3. The zero-order valence-electron chi connectivity index (χ0n) is 24.1. The summed E-state index contributed by atoms with van der Waals surface area (Å²) in [5.41, 5.74) is 4.00. The van der Waals surface area contributed by atoms with E-state index in [4.69, 9.17) is 4.74 Å². The Morgan fingerprint density at radius 1 is 1.10 bits per heavy atom. The number of fused-ring (bicyclic) bond motifs is 2. The van der Waals surface area contributed by atoms with E-state index in [0.717, 1.165) is 54.8 Å². The molecule has 0 bridgehead atoms. The lowest BCUT2D eigenvalue weighted by Crippen LogP contribution is -2.62. The zero-order chi connectivity index (χ0) is 29.6. The van der Waals surface area contributed by atoms with Crippen molar-refractivity contribution in [2.24, 2.45) is 0 Å². The Kier molecular flexibility index (Phi) is 7.81. The maximum atomic E-state index is 12.3. The molecule has 0 spiro atoms. The van der Waals surface area contributed by atoms with Crippen LogP contribution in [0.4, 0.5) is 17.3 Å². The molecule has 228 valence electrons. The van der Waals surface area contributed by atoms with E-state index in [2.05, 4.69) is 39.2 Å². The third-order valence-corrected chi connectivity index (χ3v) is 11.5. The standard InChI is InChI=1S/C28H38N6O6S2/c1-19-13-21(20-3-6-32(7-4-20)22-15-34(16-22)25(35)5-10-41(2,36)37)14-24-26(19)40-17-23-27(31-24)29-18-30-28(23)33-8-11-42(38,39)12-9-33/h13-14,18,20,22H,3-12,15-17H2,1-2H3,(H,29,30,31). The molecule has 0 aliphatic carbocycles. The molecule has 4 aliphatic rings. The fourth-order valence-electron chi connectivity index (χ4n) is 6.35. The van der Waals surface area contributed by atoms with Crippen molar-refractivity contribution in [2.75, 3.05) is 73.0 Å². The molecule has 1 amide bonds. The van der Waals surface area contributed by atoms with Crippen molar-refractivity contribution in [1.29, 1.82) is 0 Å². The Labute approximate surface area is 247 Å². The minimum atomic E-state index is -3.14. The molecule has 12 nitrogen and oxygen atoms in total. The van der Waals surface area contributed by atoms with Gasteiger partial charge >= 0.3 is 0 Å². The molecule has 0 saturated carbocycles. The summed E-state index contributed by atoms with van der Waals surface area (Å²) in [5, 5.41) is 3.49. The topological polar surface area (TPSA) is 142 Å². The van der Waals surface area contributed by atoms with Gasteiger partial charge < -0.3 is 19.9 Å². The van der Waals surface area contributed by atoms with E-state index < -0.39 is 19.7 Å². The average Bonchev–Trinajstić information content (AvgIpc) is 3.11. The molecule has 5 heterocycles. The smallest absolute Gasteiger partial charge is 0.223 e. The number of sulfone groups is 2. The number of carbonyl (C=O) groups is 1. The maximum absolute atomic E-state index is 12.3. The summed E-state index contributed by atoms with van der Waals surface area (Å²) in [6.45, 7) is 6.39. The van der Waals surface area contributed by atoms with E-state index in [1.54, 1.807) is 4.90 Å². The van der Waals surface area contributed by atoms with Crippen LogP contribution in [0, 0.1) is 6.92 Å². The van der Waals surface area contributed by atoms with E-state index >= 15 is 0 Å². The Morgan fingerprint density at radius 2 is 1.81 bits per heavy atom. The van der Waals surface area contributed by atoms with Gasteiger partial charge in [-0.25, -0.2) is 26.8 Å². The van der Waals surface area contributed by atoms with Crippen LogP contribution in [0.25, 0.3) is 0 Å². The summed E-state index contributed by atoms with van der Waals surface area (Å²) in [4.78, 5) is 27.5. The van der Waals surface area contributed by atoms with Gasteiger partial charge in [-0.2, -0.15) is 0 Å². The van der Waals surface area contributed by atoms with Crippen molar-refractivity contribution in [2.45, 2.75) is 44.8 Å². The molecule has 2 aromatic rings. The Morgan fingerprint density at radius 3 is 2.50 bits per heavy atom. The lowest BCUT2D eigenvalue weighted by molar-refractivity contribution is -0.138. The molecule has 1 aromatic heterocycles. The first-order valence-corrected chi connectivity index (χ1v) is 18.4. The molecular weight excluding hydrogens is 580 g/mol. The number of aryl methyl sites for hydroxylation is 1. The van der Waals surface area contributed by atoms with Gasteiger partial charge in [-0.3, -0.25) is 9.69 Å². The lowest BCUT2D eigenvalue weighted by atomic mass is 9.87. The van der Waals surface area contributed by atoms with Crippen molar-refractivity contribution in [1.82, 2.24) is 19.8 Å². The van der Waals surface area contributed by atoms with E-state index in [0.29, 0.717) is 56.4 Å². The molecule has 3 fully saturated rings. The number of rotatable bonds is 6. The van der Waals surface area contributed by atoms with Gasteiger partial charge in [0.05, 0.1) is 28.5 Å². The van der Waals surface area contributed by atoms with Crippen molar-refractivity contribution >= 4 is 42.9 Å². The summed E-state index contributed by atoms with van der Waals surface area (Å²) in [6.07, 6.45) is 4.76. The van der Waals surface area contributed by atoms with Crippen LogP contribution in [-0.2, 0) is 31.1 Å². The highest BCUT2D eigenvalue weighted by Gasteiger charge is 2.37. The van der Waals surface area contributed by atoms with Gasteiger partial charge in [0.25, 0.3) is 0 Å². The highest BCUT2D eigenvalue weighted by Crippen LogP contribution is 2.41. The Hall–Kier alpha value is -2.97. The molecule has 0 radical (unpaired) electrons. The van der Waals surface area contributed by atoms with Gasteiger partial charge in [0.15, 0.2) is 9.84 Å². The number of hydrogen-bond acceptors (Lipinski definition) is 11. The zero-order valence-corrected chi connectivity index (χ0v) is 25.7. The normalized spacial score (nSPS) is 21.4. The number of nitrogens with one attached hydrogen (secondary N) is 1. The summed E-state index contributed by atoms with van der Waals surface area (Å²) in [6, 6.07) is 4.71. The second-order valence-electron chi connectivity index (χ2n) is 11.9. The minimum Gasteiger partial charge on any atom is -0.486 e. The molecule has 0 unspecified atom stereocenters. The number of likely N-dealkylation sites (tertiary alicyclic amines) is 2. The van der Waals surface area contributed by atoms with Crippen LogP contribution in [-0.4, -0.2) is 111 Å². The molecule has 14 heteroatoms. The highest BCUT2D eigenvalue weighted by molar-refractivity contribution is 7.91. The van der Waals surface area contributed by atoms with Crippen LogP contribution < -0.4 is 15.0 Å². The second-order valence-corrected chi connectivity index (χ2v) is 16.5. The largest absolute Gasteiger partial charge is 0.486 e. The maximum Gasteiger partial charge on any atom is 0.223 e. The number of hydrogen-bond donors (Lipinski definition) is 1. The van der Waals surface area contributed by atoms with Crippen molar-refractivity contribution in [3.05, 3.63) is 35.2 Å². The van der Waals surface area contributed by atoms with Crippen LogP contribution >= 0.6 is 0 Å². The SMILES string of the molecule is Cc1cc(C2CCN(C3CN(C(=O)CCS(C)(=O)=O)C3)CC2)cc2c1OCc1c(ncnc1N1CCS(=O)(=O)CC1)N2. The number of ether oxygens (including phenoxy) is 1. The van der Waals surface area contributed by atoms with E-state index in [1.807, 2.05) is 4.90 Å². The molecule has 4 aliphatic heterocycles. The van der Waals surface area contributed by atoms with Gasteiger partial charge in [0.2, 0.25) is 5.91 Å². The molecule has 1 aromatic carbocycles. The van der Waals surface area contributed by atoms with E-state index in [-0.39, 0.29) is 29.6 Å². The predicted molar refractivity (Wildman–Crippen MR) is 160 cm³/mol. The van der Waals surface area contributed by atoms with E-state index in [1.165, 1.54) is 11.9 Å². The van der Waals surface area contributed by atoms with E-state index in [9.17, 15) is 21.6 Å². The summed E-state index contributed by atoms with van der Waals surface area (Å²) < 4.78 is 52.9. The number of amides is 1. The van der Waals surface area contributed by atoms with Gasteiger partial charge in [0, 0.05) is 44.9 Å². The predicted octanol–water partition coefficient (Wildman–Crippen LogP) is 1.48. The van der Waals surface area contributed by atoms with Crippen LogP contribution in [0.2, 0.25) is 0 Å². The number of carbonyl (C=O) groups excluding carboxylic acids is 1. The number of benzene rings is 1. The molecule has 42 heavy (non-hydrogen) atoms. The first-order valence-electron chi connectivity index (χ1n) is 14.5. The van der Waals surface area contributed by atoms with Crippen molar-refractivity contribution in [3.63, 3.8) is 0 Å². The Balaban J connectivity index is 1.09. The number of anilines is 3. The fourth-order valence-corrected chi connectivity index (χ4v) is 8.10. The van der Waals surface area contributed by atoms with Crippen LogP contribution in [0.5, 0.6) is 5.75 Å². The average molecular weight is 619 g/mol. The minimum absolute atomic E-state index is 0.0590. The number of piperidine rings is 1. The summed E-state index contributed by atoms with van der Waals surface area (Å²) >= 11 is 0. The van der Waals surface area contributed by atoms with Crippen LogP contribution in [0.1, 0.15) is 41.9 Å². The van der Waals surface area contributed by atoms with Crippen LogP contribution in [0.15, 0.2) is 18.5 Å². The Bertz CT molecular complexity index is 1570. The quantitative estimate of drug-likeness (QED) is 0.503.